The smallest absolute Gasteiger partial charge is 0.269 e. The standard InChI is InChI=1S/C14H14N4O2S/c1-10-3-2-4-12(9-10)16-17-14(21)15-11-5-7-13(8-6-11)18(19)20/h2-9,16H,1H3,(H2,15,17,21). The fourth-order valence-corrected chi connectivity index (χ4v) is 1.85. The van der Waals surface area contributed by atoms with Crippen LogP contribution in [0.15, 0.2) is 48.5 Å². The number of nitro benzene ring substituents is 1. The van der Waals surface area contributed by atoms with E-state index in [0.29, 0.717) is 10.8 Å². The summed E-state index contributed by atoms with van der Waals surface area (Å²) in [5, 5.41) is 13.9. The Hall–Kier alpha value is -2.67. The quantitative estimate of drug-likeness (QED) is 0.457. The molecule has 3 N–H and O–H groups in total. The second kappa shape index (κ2) is 6.67. The van der Waals surface area contributed by atoms with Gasteiger partial charge in [0.05, 0.1) is 10.6 Å². The molecule has 0 fully saturated rings. The van der Waals surface area contributed by atoms with Crippen LogP contribution in [-0.2, 0) is 0 Å². The summed E-state index contributed by atoms with van der Waals surface area (Å²) in [6.07, 6.45) is 0. The predicted molar refractivity (Wildman–Crippen MR) is 87.3 cm³/mol. The first-order valence-corrected chi connectivity index (χ1v) is 6.59. The van der Waals surface area contributed by atoms with E-state index in [0.717, 1.165) is 11.3 Å². The van der Waals surface area contributed by atoms with E-state index in [1.54, 1.807) is 12.1 Å². The number of nitrogens with one attached hydrogen (secondary N) is 3. The SMILES string of the molecule is Cc1cccc(NNC(=S)Nc2ccc([N+](=O)[O-])cc2)c1. The molecule has 108 valence electrons. The van der Waals surface area contributed by atoms with Gasteiger partial charge in [0, 0.05) is 17.8 Å². The molecule has 0 aromatic heterocycles. The van der Waals surface area contributed by atoms with Crippen molar-refractivity contribution in [3.05, 3.63) is 64.2 Å². The Morgan fingerprint density at radius 1 is 1.14 bits per heavy atom. The number of nitrogens with zero attached hydrogens (tertiary/aromatic N) is 1. The average Bonchev–Trinajstić information content (AvgIpc) is 2.46. The van der Waals surface area contributed by atoms with Gasteiger partial charge in [0.2, 0.25) is 0 Å². The molecule has 2 aromatic carbocycles. The molecule has 0 spiro atoms. The zero-order valence-electron chi connectivity index (χ0n) is 11.3. The largest absolute Gasteiger partial charge is 0.331 e. The lowest BCUT2D eigenvalue weighted by Gasteiger charge is -2.12. The van der Waals surface area contributed by atoms with Crippen LogP contribution in [0.2, 0.25) is 0 Å². The van der Waals surface area contributed by atoms with Crippen molar-refractivity contribution < 1.29 is 4.92 Å². The number of hydrogen-bond donors (Lipinski definition) is 3. The molecule has 0 aliphatic heterocycles. The van der Waals surface area contributed by atoms with Crippen molar-refractivity contribution in [2.75, 3.05) is 10.7 Å². The number of rotatable bonds is 4. The van der Waals surface area contributed by atoms with Gasteiger partial charge in [0.15, 0.2) is 5.11 Å². The van der Waals surface area contributed by atoms with Crippen molar-refractivity contribution in [2.45, 2.75) is 6.92 Å². The van der Waals surface area contributed by atoms with Crippen molar-refractivity contribution in [1.82, 2.24) is 5.43 Å². The Bertz CT molecular complexity index is 658. The zero-order valence-corrected chi connectivity index (χ0v) is 12.1. The third kappa shape index (κ3) is 4.43. The van der Waals surface area contributed by atoms with Gasteiger partial charge in [-0.05, 0) is 49.0 Å². The molecule has 0 unspecified atom stereocenters. The van der Waals surface area contributed by atoms with Crippen LogP contribution >= 0.6 is 12.2 Å². The topological polar surface area (TPSA) is 79.2 Å². The second-order valence-electron chi connectivity index (χ2n) is 4.38. The Labute approximate surface area is 127 Å². The normalized spacial score (nSPS) is 9.76. The third-order valence-electron chi connectivity index (χ3n) is 2.67. The molecule has 0 radical (unpaired) electrons. The van der Waals surface area contributed by atoms with E-state index in [1.165, 1.54) is 12.1 Å². The summed E-state index contributed by atoms with van der Waals surface area (Å²) >= 11 is 5.13. The minimum absolute atomic E-state index is 0.0392. The lowest BCUT2D eigenvalue weighted by atomic mass is 10.2. The van der Waals surface area contributed by atoms with Crippen LogP contribution in [-0.4, -0.2) is 10.0 Å². The second-order valence-corrected chi connectivity index (χ2v) is 4.79. The molecular formula is C14H14N4O2S. The summed E-state index contributed by atoms with van der Waals surface area (Å²) in [7, 11) is 0. The van der Waals surface area contributed by atoms with E-state index in [1.807, 2.05) is 31.2 Å². The van der Waals surface area contributed by atoms with E-state index in [9.17, 15) is 10.1 Å². The first-order valence-electron chi connectivity index (χ1n) is 6.19. The summed E-state index contributed by atoms with van der Waals surface area (Å²) in [5.74, 6) is 0. The third-order valence-corrected chi connectivity index (χ3v) is 2.88. The molecule has 2 aromatic rings. The minimum atomic E-state index is -0.445. The molecule has 0 aliphatic rings. The number of non-ortho nitro benzene ring substituents is 1. The van der Waals surface area contributed by atoms with Gasteiger partial charge < -0.3 is 5.32 Å². The molecule has 7 heteroatoms. The zero-order chi connectivity index (χ0) is 15.2. The number of nitro groups is 1. The monoisotopic (exact) mass is 302 g/mol. The Morgan fingerprint density at radius 2 is 1.86 bits per heavy atom. The van der Waals surface area contributed by atoms with Gasteiger partial charge in [0.1, 0.15) is 0 Å². The highest BCUT2D eigenvalue weighted by Crippen LogP contribution is 2.15. The predicted octanol–water partition coefficient (Wildman–Crippen LogP) is 3.22. The van der Waals surface area contributed by atoms with Gasteiger partial charge in [-0.1, -0.05) is 12.1 Å². The fourth-order valence-electron chi connectivity index (χ4n) is 1.68. The molecule has 0 heterocycles. The number of hydrogen-bond acceptors (Lipinski definition) is 4. The van der Waals surface area contributed by atoms with E-state index in [2.05, 4.69) is 16.2 Å². The summed E-state index contributed by atoms with van der Waals surface area (Å²) in [4.78, 5) is 10.1. The maximum Gasteiger partial charge on any atom is 0.269 e. The van der Waals surface area contributed by atoms with Crippen molar-refractivity contribution in [3.63, 3.8) is 0 Å². The van der Waals surface area contributed by atoms with Crippen LogP contribution in [0.4, 0.5) is 17.1 Å². The summed E-state index contributed by atoms with van der Waals surface area (Å²) in [6.45, 7) is 2.00. The van der Waals surface area contributed by atoms with Crippen molar-refractivity contribution in [2.24, 2.45) is 0 Å². The molecule has 0 bridgehead atoms. The molecule has 0 saturated heterocycles. The van der Waals surface area contributed by atoms with Crippen LogP contribution in [0.5, 0.6) is 0 Å². The summed E-state index contributed by atoms with van der Waals surface area (Å²) in [6, 6.07) is 13.8. The minimum Gasteiger partial charge on any atom is -0.331 e. The molecule has 21 heavy (non-hydrogen) atoms. The van der Waals surface area contributed by atoms with Crippen LogP contribution in [0, 0.1) is 17.0 Å². The molecule has 0 atom stereocenters. The highest BCUT2D eigenvalue weighted by molar-refractivity contribution is 7.80. The number of thiocarbonyl (C=S) groups is 1. The number of aryl methyl sites for hydroxylation is 1. The Morgan fingerprint density at radius 3 is 2.48 bits per heavy atom. The van der Waals surface area contributed by atoms with Gasteiger partial charge in [-0.15, -0.1) is 0 Å². The number of benzene rings is 2. The van der Waals surface area contributed by atoms with Crippen molar-refractivity contribution >= 4 is 34.4 Å². The van der Waals surface area contributed by atoms with Gasteiger partial charge in [-0.2, -0.15) is 0 Å². The Balaban J connectivity index is 1.88. The van der Waals surface area contributed by atoms with E-state index in [4.69, 9.17) is 12.2 Å². The molecule has 0 saturated carbocycles. The lowest BCUT2D eigenvalue weighted by molar-refractivity contribution is -0.384. The Kier molecular flexibility index (Phi) is 4.68. The lowest BCUT2D eigenvalue weighted by Crippen LogP contribution is -2.33. The van der Waals surface area contributed by atoms with E-state index in [-0.39, 0.29) is 5.69 Å². The first-order chi connectivity index (χ1) is 10.0. The number of hydrazine groups is 1. The fraction of sp³-hybridized carbons (Fsp3) is 0.0714. The van der Waals surface area contributed by atoms with Gasteiger partial charge >= 0.3 is 0 Å². The highest BCUT2D eigenvalue weighted by Gasteiger charge is 2.04. The average molecular weight is 302 g/mol. The van der Waals surface area contributed by atoms with E-state index < -0.39 is 4.92 Å². The van der Waals surface area contributed by atoms with Gasteiger partial charge in [0.25, 0.3) is 5.69 Å². The molecule has 0 aliphatic carbocycles. The van der Waals surface area contributed by atoms with Crippen molar-refractivity contribution in [3.8, 4) is 0 Å². The molecule has 6 nitrogen and oxygen atoms in total. The maximum atomic E-state index is 10.6. The highest BCUT2D eigenvalue weighted by atomic mass is 32.1. The first kappa shape index (κ1) is 14.7. The van der Waals surface area contributed by atoms with Gasteiger partial charge in [-0.25, -0.2) is 0 Å². The van der Waals surface area contributed by atoms with Crippen LogP contribution in [0.1, 0.15) is 5.56 Å². The summed E-state index contributed by atoms with van der Waals surface area (Å²) in [5.41, 5.74) is 8.56. The molecule has 2 rings (SSSR count). The molecule has 0 amide bonds. The number of anilines is 2. The van der Waals surface area contributed by atoms with Gasteiger partial charge in [-0.3, -0.25) is 21.0 Å². The van der Waals surface area contributed by atoms with Crippen LogP contribution < -0.4 is 16.2 Å². The maximum absolute atomic E-state index is 10.6. The molecular weight excluding hydrogens is 288 g/mol. The van der Waals surface area contributed by atoms with Crippen LogP contribution in [0.3, 0.4) is 0 Å². The van der Waals surface area contributed by atoms with Crippen LogP contribution in [0.25, 0.3) is 0 Å². The van der Waals surface area contributed by atoms with E-state index >= 15 is 0 Å². The summed E-state index contributed by atoms with van der Waals surface area (Å²) < 4.78 is 0. The van der Waals surface area contributed by atoms with Crippen molar-refractivity contribution in [1.29, 1.82) is 0 Å².